The van der Waals surface area contributed by atoms with Crippen LogP contribution in [0.2, 0.25) is 0 Å². The van der Waals surface area contributed by atoms with Crippen LogP contribution in [0.25, 0.3) is 44.5 Å². The third-order valence-electron chi connectivity index (χ3n) is 6.28. The van der Waals surface area contributed by atoms with Crippen LogP contribution in [0.3, 0.4) is 0 Å². The Kier molecular flexibility index (Phi) is 5.91. The lowest BCUT2D eigenvalue weighted by molar-refractivity contribution is 0.867. The molecule has 0 amide bonds. The van der Waals surface area contributed by atoms with Crippen molar-refractivity contribution < 1.29 is 0 Å². The molecule has 0 unspecified atom stereocenters. The van der Waals surface area contributed by atoms with Crippen LogP contribution in [-0.2, 0) is 0 Å². The summed E-state index contributed by atoms with van der Waals surface area (Å²) in [5.74, 6) is 0.553. The van der Waals surface area contributed by atoms with Crippen molar-refractivity contribution >= 4 is 0 Å². The van der Waals surface area contributed by atoms with E-state index in [0.717, 1.165) is 0 Å². The maximum absolute atomic E-state index is 2.30. The van der Waals surface area contributed by atoms with Gasteiger partial charge in [0.2, 0.25) is 0 Å². The maximum atomic E-state index is 2.30. The lowest BCUT2D eigenvalue weighted by atomic mass is 9.92. The molecule has 0 heteroatoms. The number of benzene rings is 5. The van der Waals surface area contributed by atoms with Crippen LogP contribution in [0.1, 0.15) is 25.3 Å². The van der Waals surface area contributed by atoms with Gasteiger partial charge in [-0.1, -0.05) is 123 Å². The summed E-state index contributed by atoms with van der Waals surface area (Å²) in [4.78, 5) is 0. The Hall–Kier alpha value is -3.90. The van der Waals surface area contributed by atoms with E-state index in [1.54, 1.807) is 0 Å². The quantitative estimate of drug-likeness (QED) is 0.263. The minimum Gasteiger partial charge on any atom is -0.0622 e. The van der Waals surface area contributed by atoms with Gasteiger partial charge in [0, 0.05) is 0 Å². The fourth-order valence-electron chi connectivity index (χ4n) is 4.30. The molecule has 160 valence electrons. The van der Waals surface area contributed by atoms with Crippen molar-refractivity contribution in [2.24, 2.45) is 0 Å². The normalized spacial score (nSPS) is 11.0. The molecule has 0 aromatic heterocycles. The first-order chi connectivity index (χ1) is 16.2. The molecule has 0 atom stereocenters. The molecule has 0 aliphatic heterocycles. The molecule has 0 spiro atoms. The van der Waals surface area contributed by atoms with E-state index < -0.39 is 0 Å². The first-order valence-corrected chi connectivity index (χ1v) is 11.6. The van der Waals surface area contributed by atoms with Gasteiger partial charge in [0.1, 0.15) is 0 Å². The molecule has 0 nitrogen and oxygen atoms in total. The van der Waals surface area contributed by atoms with E-state index in [1.807, 2.05) is 0 Å². The highest BCUT2D eigenvalue weighted by Crippen LogP contribution is 2.34. The van der Waals surface area contributed by atoms with Crippen LogP contribution >= 0.6 is 0 Å². The zero-order chi connectivity index (χ0) is 22.6. The standard InChI is InChI=1S/C33H28/c1-24(2)25-13-15-28(16-14-25)29-17-19-30(20-18-29)33-22-31(26-9-5-3-6-10-26)21-32(23-33)27-11-7-4-8-12-27/h3-24H,1-2H3. The zero-order valence-corrected chi connectivity index (χ0v) is 19.2. The third kappa shape index (κ3) is 4.66. The summed E-state index contributed by atoms with van der Waals surface area (Å²) in [5, 5.41) is 0. The van der Waals surface area contributed by atoms with E-state index in [4.69, 9.17) is 0 Å². The zero-order valence-electron chi connectivity index (χ0n) is 19.2. The van der Waals surface area contributed by atoms with Crippen LogP contribution in [0, 0.1) is 0 Å². The summed E-state index contributed by atoms with van der Waals surface area (Å²) in [6.45, 7) is 4.47. The molecular formula is C33H28. The van der Waals surface area contributed by atoms with Crippen molar-refractivity contribution in [3.05, 3.63) is 133 Å². The highest BCUT2D eigenvalue weighted by molar-refractivity contribution is 5.82. The fraction of sp³-hybridized carbons (Fsp3) is 0.0909. The van der Waals surface area contributed by atoms with Gasteiger partial charge in [0.25, 0.3) is 0 Å². The van der Waals surface area contributed by atoms with Gasteiger partial charge in [-0.25, -0.2) is 0 Å². The summed E-state index contributed by atoms with van der Waals surface area (Å²) < 4.78 is 0. The Balaban J connectivity index is 1.54. The smallest absolute Gasteiger partial charge is 0.0172 e. The molecule has 5 rings (SSSR count). The second-order valence-electron chi connectivity index (χ2n) is 8.89. The summed E-state index contributed by atoms with van der Waals surface area (Å²) in [6, 6.07) is 46.0. The number of rotatable bonds is 5. The molecule has 5 aromatic carbocycles. The third-order valence-corrected chi connectivity index (χ3v) is 6.28. The van der Waals surface area contributed by atoms with Crippen LogP contribution in [0.4, 0.5) is 0 Å². The molecule has 0 aliphatic carbocycles. The SMILES string of the molecule is CC(C)c1ccc(-c2ccc(-c3cc(-c4ccccc4)cc(-c4ccccc4)c3)cc2)cc1. The lowest BCUT2D eigenvalue weighted by Gasteiger charge is -2.12. The van der Waals surface area contributed by atoms with Gasteiger partial charge in [-0.3, -0.25) is 0 Å². The minimum atomic E-state index is 0.553. The molecular weight excluding hydrogens is 396 g/mol. The van der Waals surface area contributed by atoms with Crippen molar-refractivity contribution in [3.8, 4) is 44.5 Å². The van der Waals surface area contributed by atoms with Gasteiger partial charge >= 0.3 is 0 Å². The fourth-order valence-corrected chi connectivity index (χ4v) is 4.30. The average Bonchev–Trinajstić information content (AvgIpc) is 2.89. The monoisotopic (exact) mass is 424 g/mol. The van der Waals surface area contributed by atoms with Crippen molar-refractivity contribution in [1.29, 1.82) is 0 Å². The van der Waals surface area contributed by atoms with E-state index in [0.29, 0.717) is 5.92 Å². The highest BCUT2D eigenvalue weighted by Gasteiger charge is 2.08. The van der Waals surface area contributed by atoms with Crippen LogP contribution in [-0.4, -0.2) is 0 Å². The largest absolute Gasteiger partial charge is 0.0622 e. The Bertz CT molecular complexity index is 1270. The molecule has 5 aromatic rings. The van der Waals surface area contributed by atoms with Crippen molar-refractivity contribution in [2.45, 2.75) is 19.8 Å². The molecule has 33 heavy (non-hydrogen) atoms. The molecule has 0 N–H and O–H groups in total. The Morgan fingerprint density at radius 3 is 1.00 bits per heavy atom. The highest BCUT2D eigenvalue weighted by atomic mass is 14.1. The predicted molar refractivity (Wildman–Crippen MR) is 142 cm³/mol. The number of hydrogen-bond acceptors (Lipinski definition) is 0. The van der Waals surface area contributed by atoms with Crippen molar-refractivity contribution in [3.63, 3.8) is 0 Å². The Labute approximate surface area is 197 Å². The topological polar surface area (TPSA) is 0 Å². The van der Waals surface area contributed by atoms with E-state index in [2.05, 4.69) is 141 Å². The lowest BCUT2D eigenvalue weighted by Crippen LogP contribution is -1.88. The molecule has 0 radical (unpaired) electrons. The first kappa shape index (κ1) is 21.0. The van der Waals surface area contributed by atoms with Gasteiger partial charge in [-0.2, -0.15) is 0 Å². The molecule has 0 fully saturated rings. The maximum Gasteiger partial charge on any atom is -0.0172 e. The second-order valence-corrected chi connectivity index (χ2v) is 8.89. The molecule has 0 aliphatic rings. The van der Waals surface area contributed by atoms with Gasteiger partial charge in [0.05, 0.1) is 0 Å². The predicted octanol–water partition coefficient (Wildman–Crippen LogP) is 9.48. The summed E-state index contributed by atoms with van der Waals surface area (Å²) in [6.07, 6.45) is 0. The summed E-state index contributed by atoms with van der Waals surface area (Å²) in [7, 11) is 0. The molecule has 0 saturated carbocycles. The summed E-state index contributed by atoms with van der Waals surface area (Å²) >= 11 is 0. The minimum absolute atomic E-state index is 0.553. The Morgan fingerprint density at radius 2 is 0.636 bits per heavy atom. The summed E-state index contributed by atoms with van der Waals surface area (Å²) in [5.41, 5.74) is 11.3. The van der Waals surface area contributed by atoms with Gasteiger partial charge < -0.3 is 0 Å². The van der Waals surface area contributed by atoms with E-state index in [1.165, 1.54) is 50.1 Å². The van der Waals surface area contributed by atoms with Crippen LogP contribution in [0.15, 0.2) is 127 Å². The first-order valence-electron chi connectivity index (χ1n) is 11.6. The van der Waals surface area contributed by atoms with Crippen LogP contribution in [0.5, 0.6) is 0 Å². The Morgan fingerprint density at radius 1 is 0.333 bits per heavy atom. The van der Waals surface area contributed by atoms with E-state index in [9.17, 15) is 0 Å². The molecule has 0 saturated heterocycles. The number of hydrogen-bond donors (Lipinski definition) is 0. The second kappa shape index (κ2) is 9.30. The van der Waals surface area contributed by atoms with Gasteiger partial charge in [0.15, 0.2) is 0 Å². The van der Waals surface area contributed by atoms with Crippen LogP contribution < -0.4 is 0 Å². The van der Waals surface area contributed by atoms with E-state index in [-0.39, 0.29) is 0 Å². The van der Waals surface area contributed by atoms with Crippen molar-refractivity contribution in [2.75, 3.05) is 0 Å². The molecule has 0 heterocycles. The van der Waals surface area contributed by atoms with Gasteiger partial charge in [-0.05, 0) is 74.2 Å². The average molecular weight is 425 g/mol. The van der Waals surface area contributed by atoms with Gasteiger partial charge in [-0.15, -0.1) is 0 Å². The molecule has 0 bridgehead atoms. The van der Waals surface area contributed by atoms with Crippen molar-refractivity contribution in [1.82, 2.24) is 0 Å². The van der Waals surface area contributed by atoms with E-state index >= 15 is 0 Å².